The van der Waals surface area contributed by atoms with Crippen LogP contribution in [0.15, 0.2) is 18.2 Å². The minimum absolute atomic E-state index is 0.453. The van der Waals surface area contributed by atoms with Gasteiger partial charge in [-0.15, -0.1) is 0 Å². The Morgan fingerprint density at radius 1 is 1.40 bits per heavy atom. The van der Waals surface area contributed by atoms with Crippen molar-refractivity contribution >= 4 is 17.3 Å². The van der Waals surface area contributed by atoms with E-state index < -0.39 is 0 Å². The van der Waals surface area contributed by atoms with Crippen LogP contribution in [0.25, 0.3) is 0 Å². The Kier molecular flexibility index (Phi) is 3.17. The summed E-state index contributed by atoms with van der Waals surface area (Å²) in [5.74, 6) is 0. The van der Waals surface area contributed by atoms with Crippen LogP contribution >= 0.6 is 11.6 Å². The maximum atomic E-state index is 6.29. The van der Waals surface area contributed by atoms with E-state index in [4.69, 9.17) is 11.6 Å². The highest BCUT2D eigenvalue weighted by Crippen LogP contribution is 2.31. The molecule has 1 aliphatic rings. The first-order valence-electron chi connectivity index (χ1n) is 5.38. The zero-order valence-corrected chi connectivity index (χ0v) is 10.0. The van der Waals surface area contributed by atoms with Gasteiger partial charge in [0.25, 0.3) is 0 Å². The lowest BCUT2D eigenvalue weighted by atomic mass is 10.0. The average molecular weight is 225 g/mol. The van der Waals surface area contributed by atoms with Crippen molar-refractivity contribution in [1.82, 2.24) is 5.32 Å². The van der Waals surface area contributed by atoms with Crippen LogP contribution in [-0.2, 0) is 0 Å². The number of hydrogen-bond donors (Lipinski definition) is 1. The van der Waals surface area contributed by atoms with E-state index in [1.807, 2.05) is 20.2 Å². The summed E-state index contributed by atoms with van der Waals surface area (Å²) in [6, 6.07) is 6.76. The number of halogens is 1. The quantitative estimate of drug-likeness (QED) is 0.831. The van der Waals surface area contributed by atoms with Crippen LogP contribution in [0.3, 0.4) is 0 Å². The van der Waals surface area contributed by atoms with Gasteiger partial charge in [-0.1, -0.05) is 17.7 Å². The van der Waals surface area contributed by atoms with Crippen LogP contribution in [0, 0.1) is 0 Å². The molecule has 82 valence electrons. The fourth-order valence-corrected chi connectivity index (χ4v) is 2.33. The number of nitrogens with zero attached hydrogens (tertiary/aromatic N) is 1. The van der Waals surface area contributed by atoms with E-state index in [1.165, 1.54) is 18.4 Å². The summed E-state index contributed by atoms with van der Waals surface area (Å²) >= 11 is 6.29. The molecule has 1 aromatic rings. The molecule has 1 saturated heterocycles. The van der Waals surface area contributed by atoms with Crippen LogP contribution in [-0.4, -0.2) is 20.6 Å². The molecule has 0 spiro atoms. The van der Waals surface area contributed by atoms with Crippen LogP contribution < -0.4 is 10.2 Å². The molecule has 0 aliphatic carbocycles. The molecule has 1 aromatic carbocycles. The van der Waals surface area contributed by atoms with Gasteiger partial charge in [-0.25, -0.2) is 0 Å². The number of hydrogen-bond acceptors (Lipinski definition) is 2. The first kappa shape index (κ1) is 10.8. The number of rotatable bonds is 2. The number of anilines is 1. The van der Waals surface area contributed by atoms with Gasteiger partial charge >= 0.3 is 0 Å². The summed E-state index contributed by atoms with van der Waals surface area (Å²) in [5.41, 5.74) is 2.39. The predicted octanol–water partition coefficient (Wildman–Crippen LogP) is 2.83. The molecule has 0 unspecified atom stereocenters. The molecule has 0 aromatic heterocycles. The average Bonchev–Trinajstić information content (AvgIpc) is 2.70. The van der Waals surface area contributed by atoms with Crippen molar-refractivity contribution in [2.24, 2.45) is 0 Å². The smallest absolute Gasteiger partial charge is 0.0474 e. The van der Waals surface area contributed by atoms with Crippen molar-refractivity contribution in [1.29, 1.82) is 0 Å². The SMILES string of the molecule is CN(C)c1ccc([C@@H]2CCCN2)c(Cl)c1. The van der Waals surface area contributed by atoms with E-state index in [2.05, 4.69) is 22.3 Å². The van der Waals surface area contributed by atoms with Crippen molar-refractivity contribution in [2.75, 3.05) is 25.5 Å². The molecule has 15 heavy (non-hydrogen) atoms. The molecule has 3 heteroatoms. The highest BCUT2D eigenvalue weighted by molar-refractivity contribution is 6.31. The van der Waals surface area contributed by atoms with Gasteiger partial charge in [-0.3, -0.25) is 0 Å². The van der Waals surface area contributed by atoms with Gasteiger partial charge in [-0.2, -0.15) is 0 Å². The Balaban J connectivity index is 2.25. The third-order valence-corrected chi connectivity index (χ3v) is 3.26. The molecule has 1 N–H and O–H groups in total. The molecule has 0 bridgehead atoms. The second-order valence-corrected chi connectivity index (χ2v) is 4.66. The zero-order valence-electron chi connectivity index (χ0n) is 9.26. The van der Waals surface area contributed by atoms with E-state index in [9.17, 15) is 0 Å². The second kappa shape index (κ2) is 4.42. The molecule has 2 nitrogen and oxygen atoms in total. The van der Waals surface area contributed by atoms with Gasteiger partial charge in [0.1, 0.15) is 0 Å². The molecule has 0 radical (unpaired) electrons. The van der Waals surface area contributed by atoms with Gasteiger partial charge < -0.3 is 10.2 Å². The number of benzene rings is 1. The zero-order chi connectivity index (χ0) is 10.8. The van der Waals surface area contributed by atoms with Crippen molar-refractivity contribution in [2.45, 2.75) is 18.9 Å². The van der Waals surface area contributed by atoms with Crippen molar-refractivity contribution in [3.8, 4) is 0 Å². The Labute approximate surface area is 96.2 Å². The normalized spacial score (nSPS) is 20.6. The van der Waals surface area contributed by atoms with Crippen LogP contribution in [0.2, 0.25) is 5.02 Å². The highest BCUT2D eigenvalue weighted by atomic mass is 35.5. The van der Waals surface area contributed by atoms with Crippen LogP contribution in [0.4, 0.5) is 5.69 Å². The van der Waals surface area contributed by atoms with E-state index in [0.29, 0.717) is 6.04 Å². The largest absolute Gasteiger partial charge is 0.378 e. The molecule has 0 amide bonds. The summed E-state index contributed by atoms with van der Waals surface area (Å²) in [6.45, 7) is 1.11. The van der Waals surface area contributed by atoms with Gasteiger partial charge in [0, 0.05) is 30.8 Å². The van der Waals surface area contributed by atoms with Crippen molar-refractivity contribution in [3.63, 3.8) is 0 Å². The third kappa shape index (κ3) is 2.27. The standard InChI is InChI=1S/C12H17ClN2/c1-15(2)9-5-6-10(11(13)8-9)12-4-3-7-14-12/h5-6,8,12,14H,3-4,7H2,1-2H3/t12-/m0/s1. The van der Waals surface area contributed by atoms with Gasteiger partial charge in [0.15, 0.2) is 0 Å². The fraction of sp³-hybridized carbons (Fsp3) is 0.500. The number of nitrogens with one attached hydrogen (secondary N) is 1. The Bertz CT molecular complexity index is 343. The van der Waals surface area contributed by atoms with E-state index in [1.54, 1.807) is 0 Å². The summed E-state index contributed by atoms with van der Waals surface area (Å²) in [4.78, 5) is 2.07. The van der Waals surface area contributed by atoms with Gasteiger partial charge in [0.2, 0.25) is 0 Å². The second-order valence-electron chi connectivity index (χ2n) is 4.25. The maximum absolute atomic E-state index is 6.29. The summed E-state index contributed by atoms with van der Waals surface area (Å²) in [5, 5.41) is 4.34. The Hall–Kier alpha value is -0.730. The molecular formula is C12H17ClN2. The molecule has 2 rings (SSSR count). The minimum atomic E-state index is 0.453. The van der Waals surface area contributed by atoms with Crippen molar-refractivity contribution < 1.29 is 0 Å². The minimum Gasteiger partial charge on any atom is -0.378 e. The first-order valence-corrected chi connectivity index (χ1v) is 5.76. The third-order valence-electron chi connectivity index (χ3n) is 2.94. The molecule has 1 aliphatic heterocycles. The summed E-state index contributed by atoms with van der Waals surface area (Å²) in [6.07, 6.45) is 2.44. The lowest BCUT2D eigenvalue weighted by molar-refractivity contribution is 0.648. The van der Waals surface area contributed by atoms with E-state index in [-0.39, 0.29) is 0 Å². The lowest BCUT2D eigenvalue weighted by Gasteiger charge is -2.17. The maximum Gasteiger partial charge on any atom is 0.0474 e. The van der Waals surface area contributed by atoms with Gasteiger partial charge in [0.05, 0.1) is 0 Å². The van der Waals surface area contributed by atoms with Gasteiger partial charge in [-0.05, 0) is 37.1 Å². The highest BCUT2D eigenvalue weighted by Gasteiger charge is 2.18. The van der Waals surface area contributed by atoms with E-state index >= 15 is 0 Å². The lowest BCUT2D eigenvalue weighted by Crippen LogP contribution is -2.14. The van der Waals surface area contributed by atoms with Crippen molar-refractivity contribution in [3.05, 3.63) is 28.8 Å². The molecule has 1 heterocycles. The predicted molar refractivity (Wildman–Crippen MR) is 65.8 cm³/mol. The Morgan fingerprint density at radius 2 is 2.20 bits per heavy atom. The molecule has 0 saturated carbocycles. The van der Waals surface area contributed by atoms with Crippen LogP contribution in [0.5, 0.6) is 0 Å². The monoisotopic (exact) mass is 224 g/mol. The fourth-order valence-electron chi connectivity index (χ4n) is 2.03. The summed E-state index contributed by atoms with van der Waals surface area (Å²) < 4.78 is 0. The molecule has 1 fully saturated rings. The topological polar surface area (TPSA) is 15.3 Å². The molecular weight excluding hydrogens is 208 g/mol. The molecule has 1 atom stereocenters. The first-order chi connectivity index (χ1) is 7.18. The Morgan fingerprint density at radius 3 is 2.73 bits per heavy atom. The van der Waals surface area contributed by atoms with Crippen LogP contribution in [0.1, 0.15) is 24.4 Å². The summed E-state index contributed by atoms with van der Waals surface area (Å²) in [7, 11) is 4.05. The van der Waals surface area contributed by atoms with E-state index in [0.717, 1.165) is 17.3 Å².